The maximum absolute atomic E-state index is 6.73. The lowest BCUT2D eigenvalue weighted by atomic mass is 9.67. The Balaban J connectivity index is 0.000000810. The number of halogens is 2. The molecule has 0 aromatic rings. The molecular weight excluding hydrogens is 267 g/mol. The highest BCUT2D eigenvalue weighted by atomic mass is 35.5. The van der Waals surface area contributed by atoms with Gasteiger partial charge in [-0.05, 0) is 49.9 Å². The third-order valence-electron chi connectivity index (χ3n) is 5.06. The zero-order chi connectivity index (χ0) is 11.2. The summed E-state index contributed by atoms with van der Waals surface area (Å²) in [7, 11) is 0. The number of hydrogen-bond acceptors (Lipinski definition) is 2. The zero-order valence-electron chi connectivity index (χ0n) is 11.1. The smallest absolute Gasteiger partial charge is 0.0186 e. The summed E-state index contributed by atoms with van der Waals surface area (Å²) in [6.45, 7) is 0. The predicted octanol–water partition coefficient (Wildman–Crippen LogP) is 3.26. The normalized spacial score (nSPS) is 39.7. The van der Waals surface area contributed by atoms with Crippen LogP contribution in [-0.2, 0) is 0 Å². The van der Waals surface area contributed by atoms with Crippen molar-refractivity contribution in [1.82, 2.24) is 0 Å². The van der Waals surface area contributed by atoms with Crippen LogP contribution < -0.4 is 11.5 Å². The molecule has 3 fully saturated rings. The third-order valence-corrected chi connectivity index (χ3v) is 5.06. The first kappa shape index (κ1) is 16.6. The van der Waals surface area contributed by atoms with E-state index in [1.165, 1.54) is 51.4 Å². The second kappa shape index (κ2) is 6.30. The summed E-state index contributed by atoms with van der Waals surface area (Å²) >= 11 is 0. The molecule has 3 aliphatic carbocycles. The molecule has 0 aromatic carbocycles. The van der Waals surface area contributed by atoms with Crippen molar-refractivity contribution >= 4 is 24.8 Å². The summed E-state index contributed by atoms with van der Waals surface area (Å²) < 4.78 is 0. The maximum Gasteiger partial charge on any atom is 0.0186 e. The standard InChI is InChI=1S/C14H26N2.2ClH/c15-13-5-6-14(16,9-11-3-4-11)12(8-13)7-10-1-2-10;;/h10-13H,1-9,15-16H2;2*1H. The summed E-state index contributed by atoms with van der Waals surface area (Å²) in [4.78, 5) is 0. The lowest BCUT2D eigenvalue weighted by Gasteiger charge is -2.44. The Labute approximate surface area is 123 Å². The summed E-state index contributed by atoms with van der Waals surface area (Å²) in [6.07, 6.45) is 12.0. The average Bonchev–Trinajstić information content (AvgIpc) is 3.07. The molecule has 4 N–H and O–H groups in total. The van der Waals surface area contributed by atoms with E-state index >= 15 is 0 Å². The SMILES string of the molecule is Cl.Cl.NC1CCC(N)(CC2CC2)C(CC2CC2)C1. The fourth-order valence-electron chi connectivity index (χ4n) is 3.59. The molecule has 2 nitrogen and oxygen atoms in total. The van der Waals surface area contributed by atoms with E-state index in [0.717, 1.165) is 24.2 Å². The largest absolute Gasteiger partial charge is 0.328 e. The first-order valence-electron chi connectivity index (χ1n) is 7.20. The molecule has 0 aromatic heterocycles. The predicted molar refractivity (Wildman–Crippen MR) is 81.4 cm³/mol. The van der Waals surface area contributed by atoms with E-state index in [2.05, 4.69) is 0 Å². The van der Waals surface area contributed by atoms with Gasteiger partial charge < -0.3 is 11.5 Å². The lowest BCUT2D eigenvalue weighted by Crippen LogP contribution is -2.53. The molecule has 108 valence electrons. The molecule has 0 amide bonds. The summed E-state index contributed by atoms with van der Waals surface area (Å²) in [5.74, 6) is 2.68. The zero-order valence-corrected chi connectivity index (χ0v) is 12.8. The van der Waals surface area contributed by atoms with Crippen LogP contribution in [0.25, 0.3) is 0 Å². The second-order valence-corrected chi connectivity index (χ2v) is 6.79. The van der Waals surface area contributed by atoms with Gasteiger partial charge in [0.2, 0.25) is 0 Å². The van der Waals surface area contributed by atoms with Crippen LogP contribution in [0.1, 0.15) is 57.8 Å². The van der Waals surface area contributed by atoms with E-state index in [-0.39, 0.29) is 30.4 Å². The Hall–Kier alpha value is 0.500. The Bertz CT molecular complexity index is 265. The van der Waals surface area contributed by atoms with E-state index in [1.54, 1.807) is 0 Å². The fourth-order valence-corrected chi connectivity index (χ4v) is 3.59. The molecule has 3 atom stereocenters. The van der Waals surface area contributed by atoms with Crippen molar-refractivity contribution in [2.24, 2.45) is 29.2 Å². The van der Waals surface area contributed by atoms with Gasteiger partial charge in [0.05, 0.1) is 0 Å². The van der Waals surface area contributed by atoms with Gasteiger partial charge >= 0.3 is 0 Å². The van der Waals surface area contributed by atoms with Gasteiger partial charge in [-0.3, -0.25) is 0 Å². The molecule has 3 aliphatic rings. The summed E-state index contributed by atoms with van der Waals surface area (Å²) in [5.41, 5.74) is 13.0. The topological polar surface area (TPSA) is 52.0 Å². The molecular formula is C14H28Cl2N2. The van der Waals surface area contributed by atoms with Crippen molar-refractivity contribution in [3.8, 4) is 0 Å². The van der Waals surface area contributed by atoms with Crippen molar-refractivity contribution < 1.29 is 0 Å². The van der Waals surface area contributed by atoms with E-state index in [4.69, 9.17) is 11.5 Å². The summed E-state index contributed by atoms with van der Waals surface area (Å²) in [5, 5.41) is 0. The minimum atomic E-state index is 0. The molecule has 4 heteroatoms. The quantitative estimate of drug-likeness (QED) is 0.836. The van der Waals surface area contributed by atoms with Crippen LogP contribution in [0.2, 0.25) is 0 Å². The Morgan fingerprint density at radius 1 is 0.944 bits per heavy atom. The van der Waals surface area contributed by atoms with Crippen LogP contribution in [0, 0.1) is 17.8 Å². The van der Waals surface area contributed by atoms with Crippen molar-refractivity contribution in [3.63, 3.8) is 0 Å². The molecule has 3 rings (SSSR count). The van der Waals surface area contributed by atoms with Crippen LogP contribution in [0.4, 0.5) is 0 Å². The van der Waals surface area contributed by atoms with E-state index in [0.29, 0.717) is 6.04 Å². The number of rotatable bonds is 4. The van der Waals surface area contributed by atoms with Gasteiger partial charge in [0, 0.05) is 11.6 Å². The molecule has 0 radical (unpaired) electrons. The van der Waals surface area contributed by atoms with E-state index in [9.17, 15) is 0 Å². The highest BCUT2D eigenvalue weighted by Gasteiger charge is 2.44. The molecule has 0 saturated heterocycles. The van der Waals surface area contributed by atoms with E-state index in [1.807, 2.05) is 0 Å². The van der Waals surface area contributed by atoms with Gasteiger partial charge in [-0.2, -0.15) is 0 Å². The Kier molecular flexibility index (Phi) is 5.79. The number of hydrogen-bond donors (Lipinski definition) is 2. The molecule has 0 spiro atoms. The molecule has 3 saturated carbocycles. The van der Waals surface area contributed by atoms with Crippen LogP contribution in [-0.4, -0.2) is 11.6 Å². The lowest BCUT2D eigenvalue weighted by molar-refractivity contribution is 0.140. The Morgan fingerprint density at radius 3 is 2.11 bits per heavy atom. The molecule has 3 unspecified atom stereocenters. The van der Waals surface area contributed by atoms with Crippen LogP contribution in [0.3, 0.4) is 0 Å². The maximum atomic E-state index is 6.73. The van der Waals surface area contributed by atoms with Gasteiger partial charge in [-0.25, -0.2) is 0 Å². The minimum absolute atomic E-state index is 0. The minimum Gasteiger partial charge on any atom is -0.328 e. The first-order valence-corrected chi connectivity index (χ1v) is 7.20. The van der Waals surface area contributed by atoms with E-state index < -0.39 is 0 Å². The van der Waals surface area contributed by atoms with Crippen LogP contribution in [0.15, 0.2) is 0 Å². The second-order valence-electron chi connectivity index (χ2n) is 6.79. The molecule has 18 heavy (non-hydrogen) atoms. The molecule has 0 heterocycles. The fraction of sp³-hybridized carbons (Fsp3) is 1.00. The van der Waals surface area contributed by atoms with Gasteiger partial charge in [0.15, 0.2) is 0 Å². The van der Waals surface area contributed by atoms with Crippen molar-refractivity contribution in [3.05, 3.63) is 0 Å². The number of nitrogens with two attached hydrogens (primary N) is 2. The molecule has 0 bridgehead atoms. The van der Waals surface area contributed by atoms with Gasteiger partial charge in [0.25, 0.3) is 0 Å². The highest BCUT2D eigenvalue weighted by molar-refractivity contribution is 5.85. The van der Waals surface area contributed by atoms with Crippen molar-refractivity contribution in [1.29, 1.82) is 0 Å². The van der Waals surface area contributed by atoms with Crippen molar-refractivity contribution in [2.75, 3.05) is 0 Å². The summed E-state index contributed by atoms with van der Waals surface area (Å²) in [6, 6.07) is 0.430. The van der Waals surface area contributed by atoms with Crippen LogP contribution >= 0.6 is 24.8 Å². The van der Waals surface area contributed by atoms with Gasteiger partial charge in [-0.15, -0.1) is 24.8 Å². The average molecular weight is 295 g/mol. The Morgan fingerprint density at radius 2 is 1.56 bits per heavy atom. The van der Waals surface area contributed by atoms with Crippen molar-refractivity contribution in [2.45, 2.75) is 69.4 Å². The first-order chi connectivity index (χ1) is 7.66. The van der Waals surface area contributed by atoms with Crippen LogP contribution in [0.5, 0.6) is 0 Å². The highest BCUT2D eigenvalue weighted by Crippen LogP contribution is 2.48. The molecule has 0 aliphatic heterocycles. The third kappa shape index (κ3) is 4.00. The van der Waals surface area contributed by atoms with Gasteiger partial charge in [-0.1, -0.05) is 25.7 Å². The van der Waals surface area contributed by atoms with Gasteiger partial charge in [0.1, 0.15) is 0 Å². The monoisotopic (exact) mass is 294 g/mol.